The average Bonchev–Trinajstić information content (AvgIpc) is 2.96. The van der Waals surface area contributed by atoms with Gasteiger partial charge in [0.15, 0.2) is 11.5 Å². The lowest BCUT2D eigenvalue weighted by Crippen LogP contribution is -2.55. The maximum atomic E-state index is 12.4. The first-order valence-electron chi connectivity index (χ1n) is 10.0. The maximum absolute atomic E-state index is 12.4. The molecular formula is C20H29BrN4O5. The number of alkyl carbamates (subject to hydrolysis) is 1. The summed E-state index contributed by atoms with van der Waals surface area (Å²) < 4.78 is 16.7. The summed E-state index contributed by atoms with van der Waals surface area (Å²) in [4.78, 5) is 35.2. The molecule has 1 aromatic heterocycles. The van der Waals surface area contributed by atoms with E-state index in [4.69, 9.17) is 14.2 Å². The third-order valence-corrected chi connectivity index (χ3v) is 5.98. The van der Waals surface area contributed by atoms with Crippen molar-refractivity contribution in [3.8, 4) is 0 Å². The van der Waals surface area contributed by atoms with Crippen LogP contribution in [0.4, 0.5) is 10.6 Å². The largest absolute Gasteiger partial charge is 0.464 e. The molecule has 3 rings (SSSR count). The first-order valence-corrected chi connectivity index (χ1v) is 10.8. The zero-order valence-electron chi connectivity index (χ0n) is 18.0. The van der Waals surface area contributed by atoms with E-state index in [1.807, 2.05) is 32.6 Å². The van der Waals surface area contributed by atoms with Gasteiger partial charge in [-0.05, 0) is 56.5 Å². The van der Waals surface area contributed by atoms with E-state index < -0.39 is 17.7 Å². The van der Waals surface area contributed by atoms with Gasteiger partial charge < -0.3 is 24.4 Å². The Morgan fingerprint density at radius 1 is 1.33 bits per heavy atom. The van der Waals surface area contributed by atoms with Gasteiger partial charge >= 0.3 is 12.1 Å². The molecule has 1 aromatic rings. The van der Waals surface area contributed by atoms with Crippen molar-refractivity contribution in [1.82, 2.24) is 15.3 Å². The Bertz CT molecular complexity index is 805. The van der Waals surface area contributed by atoms with E-state index in [-0.39, 0.29) is 23.3 Å². The predicted molar refractivity (Wildman–Crippen MR) is 114 cm³/mol. The molecule has 2 aliphatic rings. The Balaban J connectivity index is 1.73. The second-order valence-corrected chi connectivity index (χ2v) is 9.66. The smallest absolute Gasteiger partial charge is 0.407 e. The number of amides is 1. The van der Waals surface area contributed by atoms with Gasteiger partial charge in [0.1, 0.15) is 10.2 Å². The second-order valence-electron chi connectivity index (χ2n) is 8.85. The van der Waals surface area contributed by atoms with Gasteiger partial charge in [-0.1, -0.05) is 0 Å². The molecular weight excluding hydrogens is 456 g/mol. The molecule has 0 bridgehead atoms. The molecule has 2 fully saturated rings. The standard InChI is InChI=1S/C20H29BrN4O5/c1-12-15(24-18(27)30-19(2,3)4)20(11-29-12)6-8-25(9-7-20)16-14(17(26)28-5)23-13(21)10-22-16/h10,12,15H,6-9,11H2,1-5H3,(H,24,27)/t12-,15+/m0/s1. The summed E-state index contributed by atoms with van der Waals surface area (Å²) in [6.45, 7) is 9.37. The monoisotopic (exact) mass is 484 g/mol. The number of nitrogens with one attached hydrogen (secondary N) is 1. The van der Waals surface area contributed by atoms with E-state index in [0.29, 0.717) is 30.1 Å². The van der Waals surface area contributed by atoms with Crippen LogP contribution in [0.2, 0.25) is 0 Å². The van der Waals surface area contributed by atoms with Gasteiger partial charge in [-0.3, -0.25) is 0 Å². The number of nitrogens with zero attached hydrogens (tertiary/aromatic N) is 3. The van der Waals surface area contributed by atoms with Crippen LogP contribution in [-0.4, -0.2) is 66.6 Å². The molecule has 2 atom stereocenters. The van der Waals surface area contributed by atoms with Gasteiger partial charge in [0.25, 0.3) is 0 Å². The summed E-state index contributed by atoms with van der Waals surface area (Å²) in [5, 5.41) is 3.03. The highest BCUT2D eigenvalue weighted by atomic mass is 79.9. The number of piperidine rings is 1. The fourth-order valence-corrected chi connectivity index (χ4v) is 4.41. The van der Waals surface area contributed by atoms with Crippen LogP contribution < -0.4 is 10.2 Å². The van der Waals surface area contributed by atoms with Crippen molar-refractivity contribution in [2.45, 2.75) is 58.3 Å². The minimum Gasteiger partial charge on any atom is -0.464 e. The van der Waals surface area contributed by atoms with Gasteiger partial charge in [0, 0.05) is 18.5 Å². The molecule has 2 aliphatic heterocycles. The van der Waals surface area contributed by atoms with E-state index in [1.165, 1.54) is 7.11 Å². The van der Waals surface area contributed by atoms with Crippen molar-refractivity contribution in [2.24, 2.45) is 5.41 Å². The Morgan fingerprint density at radius 3 is 2.60 bits per heavy atom. The summed E-state index contributed by atoms with van der Waals surface area (Å²) >= 11 is 3.26. The first-order chi connectivity index (χ1) is 14.0. The van der Waals surface area contributed by atoms with Crippen LogP contribution in [0, 0.1) is 5.41 Å². The normalized spacial score (nSPS) is 23.3. The molecule has 3 heterocycles. The molecule has 166 valence electrons. The molecule has 1 N–H and O–H groups in total. The zero-order chi connectivity index (χ0) is 22.1. The summed E-state index contributed by atoms with van der Waals surface area (Å²) in [5.74, 6) is -0.0232. The van der Waals surface area contributed by atoms with Crippen molar-refractivity contribution < 1.29 is 23.8 Å². The van der Waals surface area contributed by atoms with E-state index in [2.05, 4.69) is 31.2 Å². The number of carbonyl (C=O) groups is 2. The van der Waals surface area contributed by atoms with Crippen LogP contribution in [0.3, 0.4) is 0 Å². The number of methoxy groups -OCH3 is 1. The van der Waals surface area contributed by atoms with Crippen molar-refractivity contribution in [3.05, 3.63) is 16.5 Å². The lowest BCUT2D eigenvalue weighted by molar-refractivity contribution is 0.0433. The van der Waals surface area contributed by atoms with Crippen molar-refractivity contribution in [2.75, 3.05) is 31.7 Å². The van der Waals surface area contributed by atoms with Crippen LogP contribution in [0.1, 0.15) is 51.0 Å². The Morgan fingerprint density at radius 2 is 2.00 bits per heavy atom. The number of anilines is 1. The molecule has 0 aliphatic carbocycles. The molecule has 1 amide bonds. The fraction of sp³-hybridized carbons (Fsp3) is 0.700. The maximum Gasteiger partial charge on any atom is 0.407 e. The summed E-state index contributed by atoms with van der Waals surface area (Å²) in [5.41, 5.74) is -0.572. The summed E-state index contributed by atoms with van der Waals surface area (Å²) in [6, 6.07) is -0.148. The van der Waals surface area contributed by atoms with Gasteiger partial charge in [0.2, 0.25) is 0 Å². The van der Waals surface area contributed by atoms with Crippen LogP contribution in [-0.2, 0) is 14.2 Å². The van der Waals surface area contributed by atoms with E-state index in [0.717, 1.165) is 12.8 Å². The number of hydrogen-bond acceptors (Lipinski definition) is 8. The number of halogens is 1. The molecule has 10 heteroatoms. The number of aromatic nitrogens is 2. The van der Waals surface area contributed by atoms with Gasteiger partial charge in [-0.2, -0.15) is 0 Å². The van der Waals surface area contributed by atoms with Gasteiger partial charge in [-0.15, -0.1) is 0 Å². The minimum atomic E-state index is -0.562. The Hall–Kier alpha value is -1.94. The summed E-state index contributed by atoms with van der Waals surface area (Å²) in [6.07, 6.45) is 2.58. The molecule has 0 saturated carbocycles. The highest BCUT2D eigenvalue weighted by Crippen LogP contribution is 2.43. The van der Waals surface area contributed by atoms with Crippen molar-refractivity contribution in [1.29, 1.82) is 0 Å². The minimum absolute atomic E-state index is 0.109. The molecule has 9 nitrogen and oxygen atoms in total. The number of carbonyl (C=O) groups excluding carboxylic acids is 2. The third kappa shape index (κ3) is 4.85. The van der Waals surface area contributed by atoms with E-state index in [1.54, 1.807) is 6.20 Å². The van der Waals surface area contributed by atoms with Crippen molar-refractivity contribution in [3.63, 3.8) is 0 Å². The molecule has 30 heavy (non-hydrogen) atoms. The third-order valence-electron chi connectivity index (χ3n) is 5.60. The second kappa shape index (κ2) is 8.66. The Labute approximate surface area is 185 Å². The van der Waals surface area contributed by atoms with E-state index in [9.17, 15) is 9.59 Å². The van der Waals surface area contributed by atoms with Crippen LogP contribution in [0.15, 0.2) is 10.8 Å². The number of esters is 1. The molecule has 0 aromatic carbocycles. The molecule has 0 radical (unpaired) electrons. The number of ether oxygens (including phenoxy) is 3. The first kappa shape index (κ1) is 22.7. The highest BCUT2D eigenvalue weighted by molar-refractivity contribution is 9.10. The van der Waals surface area contributed by atoms with Gasteiger partial charge in [0.05, 0.1) is 32.1 Å². The van der Waals surface area contributed by atoms with E-state index >= 15 is 0 Å². The molecule has 0 unspecified atom stereocenters. The van der Waals surface area contributed by atoms with Crippen molar-refractivity contribution >= 4 is 33.8 Å². The van der Waals surface area contributed by atoms with Crippen LogP contribution in [0.25, 0.3) is 0 Å². The van der Waals surface area contributed by atoms with Gasteiger partial charge in [-0.25, -0.2) is 19.6 Å². The SMILES string of the molecule is COC(=O)c1nc(Br)cnc1N1CCC2(CC1)CO[C@@H](C)[C@H]2NC(=O)OC(C)(C)C. The molecule has 1 spiro atoms. The fourth-order valence-electron chi connectivity index (χ4n) is 4.13. The predicted octanol–water partition coefficient (Wildman–Crippen LogP) is 2.92. The Kier molecular flexibility index (Phi) is 6.57. The highest BCUT2D eigenvalue weighted by Gasteiger charge is 2.50. The number of hydrogen-bond donors (Lipinski definition) is 1. The van der Waals surface area contributed by atoms with Crippen LogP contribution in [0.5, 0.6) is 0 Å². The summed E-state index contributed by atoms with van der Waals surface area (Å²) in [7, 11) is 1.32. The zero-order valence-corrected chi connectivity index (χ0v) is 19.6. The molecule has 2 saturated heterocycles. The lowest BCUT2D eigenvalue weighted by atomic mass is 9.73. The lowest BCUT2D eigenvalue weighted by Gasteiger charge is -2.43. The average molecular weight is 485 g/mol. The topological polar surface area (TPSA) is 103 Å². The number of rotatable bonds is 3. The quantitative estimate of drug-likeness (QED) is 0.653. The van der Waals surface area contributed by atoms with Crippen LogP contribution >= 0.6 is 15.9 Å².